The number of imidazole rings is 1. The van der Waals surface area contributed by atoms with Crippen LogP contribution in [0.1, 0.15) is 44.2 Å². The molecular formula is C12H21N3. The Morgan fingerprint density at radius 1 is 1.33 bits per heavy atom. The summed E-state index contributed by atoms with van der Waals surface area (Å²) in [7, 11) is 0. The first-order valence-electron chi connectivity index (χ1n) is 5.93. The van der Waals surface area contributed by atoms with E-state index < -0.39 is 0 Å². The van der Waals surface area contributed by atoms with Crippen LogP contribution in [-0.4, -0.2) is 27.5 Å². The van der Waals surface area contributed by atoms with Crippen molar-refractivity contribution < 1.29 is 0 Å². The summed E-state index contributed by atoms with van der Waals surface area (Å²) in [6, 6.07) is 0.518. The molecule has 2 rings (SSSR count). The zero-order chi connectivity index (χ0) is 10.8. The number of aromatic nitrogens is 2. The molecule has 0 spiro atoms. The molecule has 0 atom stereocenters. The van der Waals surface area contributed by atoms with E-state index >= 15 is 0 Å². The van der Waals surface area contributed by atoms with Gasteiger partial charge in [-0.15, -0.1) is 0 Å². The van der Waals surface area contributed by atoms with Gasteiger partial charge in [-0.25, -0.2) is 4.98 Å². The lowest BCUT2D eigenvalue weighted by Crippen LogP contribution is -2.18. The van der Waals surface area contributed by atoms with E-state index in [2.05, 4.69) is 41.4 Å². The SMILES string of the molecule is Cc1nc(CN2CCCC2)cn1C(C)C. The number of likely N-dealkylation sites (tertiary alicyclic amines) is 1. The lowest BCUT2D eigenvalue weighted by atomic mass is 10.4. The van der Waals surface area contributed by atoms with Gasteiger partial charge in [-0.05, 0) is 46.7 Å². The molecule has 1 fully saturated rings. The van der Waals surface area contributed by atoms with Crippen LogP contribution in [0, 0.1) is 6.92 Å². The fourth-order valence-corrected chi connectivity index (χ4v) is 2.32. The lowest BCUT2D eigenvalue weighted by Gasteiger charge is -2.12. The van der Waals surface area contributed by atoms with E-state index in [9.17, 15) is 0 Å². The minimum Gasteiger partial charge on any atom is -0.332 e. The largest absolute Gasteiger partial charge is 0.332 e. The Labute approximate surface area is 92.1 Å². The first-order chi connectivity index (χ1) is 7.16. The van der Waals surface area contributed by atoms with Gasteiger partial charge in [0.25, 0.3) is 0 Å². The highest BCUT2D eigenvalue weighted by molar-refractivity contribution is 5.04. The Hall–Kier alpha value is -0.830. The maximum atomic E-state index is 4.62. The molecule has 0 N–H and O–H groups in total. The Bertz CT molecular complexity index is 322. The van der Waals surface area contributed by atoms with Gasteiger partial charge < -0.3 is 4.57 Å². The number of hydrogen-bond donors (Lipinski definition) is 0. The maximum Gasteiger partial charge on any atom is 0.106 e. The molecule has 84 valence electrons. The molecule has 0 amide bonds. The normalized spacial score (nSPS) is 17.9. The molecule has 1 aromatic heterocycles. The summed E-state index contributed by atoms with van der Waals surface area (Å²) in [6.07, 6.45) is 4.91. The average Bonchev–Trinajstić information content (AvgIpc) is 2.75. The van der Waals surface area contributed by atoms with Gasteiger partial charge in [-0.3, -0.25) is 4.90 Å². The van der Waals surface area contributed by atoms with E-state index in [0.29, 0.717) is 6.04 Å². The van der Waals surface area contributed by atoms with Crippen LogP contribution >= 0.6 is 0 Å². The molecule has 2 heterocycles. The fourth-order valence-electron chi connectivity index (χ4n) is 2.32. The van der Waals surface area contributed by atoms with E-state index in [-0.39, 0.29) is 0 Å². The third-order valence-electron chi connectivity index (χ3n) is 3.11. The highest BCUT2D eigenvalue weighted by atomic mass is 15.2. The first-order valence-corrected chi connectivity index (χ1v) is 5.93. The Kier molecular flexibility index (Phi) is 3.10. The highest BCUT2D eigenvalue weighted by Gasteiger charge is 2.14. The molecule has 1 aliphatic heterocycles. The fraction of sp³-hybridized carbons (Fsp3) is 0.750. The first kappa shape index (κ1) is 10.7. The van der Waals surface area contributed by atoms with Crippen molar-refractivity contribution in [1.29, 1.82) is 0 Å². The van der Waals surface area contributed by atoms with Crippen molar-refractivity contribution in [2.24, 2.45) is 0 Å². The number of hydrogen-bond acceptors (Lipinski definition) is 2. The van der Waals surface area contributed by atoms with Crippen molar-refractivity contribution in [3.8, 4) is 0 Å². The molecule has 1 aromatic rings. The van der Waals surface area contributed by atoms with Gasteiger partial charge in [0.05, 0.1) is 5.69 Å². The second kappa shape index (κ2) is 4.35. The summed E-state index contributed by atoms with van der Waals surface area (Å²) < 4.78 is 2.26. The second-order valence-electron chi connectivity index (χ2n) is 4.76. The van der Waals surface area contributed by atoms with Crippen LogP contribution < -0.4 is 0 Å². The number of aryl methyl sites for hydroxylation is 1. The van der Waals surface area contributed by atoms with Gasteiger partial charge in [0.15, 0.2) is 0 Å². The minimum atomic E-state index is 0.518. The summed E-state index contributed by atoms with van der Waals surface area (Å²) in [4.78, 5) is 7.11. The van der Waals surface area contributed by atoms with Crippen molar-refractivity contribution >= 4 is 0 Å². The maximum absolute atomic E-state index is 4.62. The van der Waals surface area contributed by atoms with E-state index in [4.69, 9.17) is 0 Å². The molecule has 0 aliphatic carbocycles. The monoisotopic (exact) mass is 207 g/mol. The number of rotatable bonds is 3. The molecule has 1 aliphatic rings. The standard InChI is InChI=1S/C12H21N3/c1-10(2)15-9-12(13-11(15)3)8-14-6-4-5-7-14/h9-10H,4-8H2,1-3H3. The Balaban J connectivity index is 2.05. The van der Waals surface area contributed by atoms with Crippen molar-refractivity contribution in [2.75, 3.05) is 13.1 Å². The third-order valence-corrected chi connectivity index (χ3v) is 3.11. The van der Waals surface area contributed by atoms with Crippen LogP contribution in [0.4, 0.5) is 0 Å². The molecule has 0 radical (unpaired) electrons. The van der Waals surface area contributed by atoms with Crippen molar-refractivity contribution in [3.63, 3.8) is 0 Å². The van der Waals surface area contributed by atoms with Crippen LogP contribution in [0.25, 0.3) is 0 Å². The summed E-state index contributed by atoms with van der Waals surface area (Å²) in [6.45, 7) is 10.0. The van der Waals surface area contributed by atoms with Gasteiger partial charge >= 0.3 is 0 Å². The molecule has 1 saturated heterocycles. The topological polar surface area (TPSA) is 21.1 Å². The van der Waals surface area contributed by atoms with E-state index in [0.717, 1.165) is 12.4 Å². The zero-order valence-electron chi connectivity index (χ0n) is 10.0. The van der Waals surface area contributed by atoms with Crippen LogP contribution in [0.2, 0.25) is 0 Å². The van der Waals surface area contributed by atoms with Crippen LogP contribution in [0.15, 0.2) is 6.20 Å². The molecule has 0 bridgehead atoms. The summed E-state index contributed by atoms with van der Waals surface area (Å²) in [5.74, 6) is 1.14. The lowest BCUT2D eigenvalue weighted by molar-refractivity contribution is 0.327. The predicted octanol–water partition coefficient (Wildman–Crippen LogP) is 2.37. The quantitative estimate of drug-likeness (QED) is 0.758. The molecule has 0 saturated carbocycles. The van der Waals surface area contributed by atoms with Crippen LogP contribution in [-0.2, 0) is 6.54 Å². The minimum absolute atomic E-state index is 0.518. The van der Waals surface area contributed by atoms with Gasteiger partial charge in [0.1, 0.15) is 5.82 Å². The second-order valence-corrected chi connectivity index (χ2v) is 4.76. The molecule has 3 heteroatoms. The van der Waals surface area contributed by atoms with Gasteiger partial charge in [-0.1, -0.05) is 0 Å². The molecule has 15 heavy (non-hydrogen) atoms. The molecular weight excluding hydrogens is 186 g/mol. The zero-order valence-corrected chi connectivity index (χ0v) is 10.0. The molecule has 0 aromatic carbocycles. The van der Waals surface area contributed by atoms with Crippen LogP contribution in [0.3, 0.4) is 0 Å². The third kappa shape index (κ3) is 2.40. The highest BCUT2D eigenvalue weighted by Crippen LogP contribution is 2.15. The average molecular weight is 207 g/mol. The summed E-state index contributed by atoms with van der Waals surface area (Å²) >= 11 is 0. The smallest absolute Gasteiger partial charge is 0.106 e. The van der Waals surface area contributed by atoms with Gasteiger partial charge in [0, 0.05) is 18.8 Å². The summed E-state index contributed by atoms with van der Waals surface area (Å²) in [5, 5.41) is 0. The number of nitrogens with zero attached hydrogens (tertiary/aromatic N) is 3. The van der Waals surface area contributed by atoms with Crippen LogP contribution in [0.5, 0.6) is 0 Å². The van der Waals surface area contributed by atoms with Crippen molar-refractivity contribution in [1.82, 2.24) is 14.5 Å². The van der Waals surface area contributed by atoms with Crippen molar-refractivity contribution in [2.45, 2.75) is 46.2 Å². The Morgan fingerprint density at radius 2 is 2.00 bits per heavy atom. The molecule has 0 unspecified atom stereocenters. The van der Waals surface area contributed by atoms with Gasteiger partial charge in [0.2, 0.25) is 0 Å². The molecule has 3 nitrogen and oxygen atoms in total. The van der Waals surface area contributed by atoms with E-state index in [1.807, 2.05) is 0 Å². The van der Waals surface area contributed by atoms with Crippen molar-refractivity contribution in [3.05, 3.63) is 17.7 Å². The van der Waals surface area contributed by atoms with E-state index in [1.165, 1.54) is 31.6 Å². The van der Waals surface area contributed by atoms with Gasteiger partial charge in [-0.2, -0.15) is 0 Å². The summed E-state index contributed by atoms with van der Waals surface area (Å²) in [5.41, 5.74) is 1.23. The predicted molar refractivity (Wildman–Crippen MR) is 61.9 cm³/mol. The van der Waals surface area contributed by atoms with E-state index in [1.54, 1.807) is 0 Å². The Morgan fingerprint density at radius 3 is 2.53 bits per heavy atom.